The van der Waals surface area contributed by atoms with Crippen LogP contribution in [-0.2, 0) is 14.8 Å². The summed E-state index contributed by atoms with van der Waals surface area (Å²) in [5, 5.41) is 9.13. The lowest BCUT2D eigenvalue weighted by Crippen LogP contribution is -2.16. The maximum absolute atomic E-state index is 12.7. The molecule has 132 valence electrons. The number of esters is 1. The van der Waals surface area contributed by atoms with Crippen molar-refractivity contribution in [1.82, 2.24) is 4.98 Å². The number of hydrogen-bond acceptors (Lipinski definition) is 6. The van der Waals surface area contributed by atoms with Gasteiger partial charge in [-0.3, -0.25) is 9.71 Å². The number of sulfonamides is 1. The van der Waals surface area contributed by atoms with Crippen molar-refractivity contribution in [3.05, 3.63) is 52.8 Å². The Balaban J connectivity index is 2.47. The normalized spacial score (nSPS) is 11.0. The minimum atomic E-state index is -4.08. The number of rotatable bonds is 5. The van der Waals surface area contributed by atoms with Crippen LogP contribution < -0.4 is 4.72 Å². The molecule has 0 fully saturated rings. The molecule has 0 amide bonds. The van der Waals surface area contributed by atoms with Crippen LogP contribution in [0.3, 0.4) is 0 Å². The summed E-state index contributed by atoms with van der Waals surface area (Å²) >= 11 is 0. The van der Waals surface area contributed by atoms with Crippen LogP contribution in [0.15, 0.2) is 35.5 Å². The number of carbonyl (C=O) groups excluding carboxylic acids is 1. The van der Waals surface area contributed by atoms with Crippen LogP contribution in [0.2, 0.25) is 0 Å². The monoisotopic (exact) mass is 364 g/mol. The topological polar surface area (TPSA) is 123 Å². The minimum absolute atomic E-state index is 0.0562. The number of benzene rings is 1. The molecule has 0 aliphatic rings. The van der Waals surface area contributed by atoms with Crippen LogP contribution in [0.5, 0.6) is 0 Å². The predicted molar refractivity (Wildman–Crippen MR) is 89.3 cm³/mol. The number of aromatic carboxylic acids is 1. The molecule has 1 heterocycles. The molecule has 0 saturated heterocycles. The van der Waals surface area contributed by atoms with Gasteiger partial charge < -0.3 is 9.84 Å². The van der Waals surface area contributed by atoms with E-state index in [2.05, 4.69) is 14.4 Å². The van der Waals surface area contributed by atoms with Crippen LogP contribution in [0.25, 0.3) is 0 Å². The maximum atomic E-state index is 12.7. The molecule has 9 heteroatoms. The Morgan fingerprint density at radius 2 is 1.80 bits per heavy atom. The lowest BCUT2D eigenvalue weighted by Gasteiger charge is -2.13. The predicted octanol–water partition coefficient (Wildman–Crippen LogP) is 1.98. The minimum Gasteiger partial charge on any atom is -0.478 e. The third kappa shape index (κ3) is 3.94. The Kier molecular flexibility index (Phi) is 5.07. The Bertz CT molecular complexity index is 953. The van der Waals surface area contributed by atoms with Crippen LogP contribution in [-0.4, -0.2) is 37.6 Å². The van der Waals surface area contributed by atoms with E-state index in [9.17, 15) is 18.0 Å². The van der Waals surface area contributed by atoms with Crippen molar-refractivity contribution in [2.75, 3.05) is 11.8 Å². The van der Waals surface area contributed by atoms with E-state index in [0.29, 0.717) is 11.1 Å². The van der Waals surface area contributed by atoms with E-state index >= 15 is 0 Å². The molecule has 0 aliphatic heterocycles. The van der Waals surface area contributed by atoms with Crippen LogP contribution >= 0.6 is 0 Å². The lowest BCUT2D eigenvalue weighted by molar-refractivity contribution is 0.0599. The van der Waals surface area contributed by atoms with Gasteiger partial charge in [-0.05, 0) is 43.2 Å². The highest BCUT2D eigenvalue weighted by molar-refractivity contribution is 7.92. The van der Waals surface area contributed by atoms with Gasteiger partial charge in [-0.2, -0.15) is 0 Å². The van der Waals surface area contributed by atoms with Crippen molar-refractivity contribution in [2.45, 2.75) is 18.7 Å². The number of carboxylic acid groups (broad SMARTS) is 1. The first-order chi connectivity index (χ1) is 11.7. The van der Waals surface area contributed by atoms with Gasteiger partial charge in [-0.1, -0.05) is 0 Å². The van der Waals surface area contributed by atoms with E-state index in [1.807, 2.05) is 0 Å². The summed E-state index contributed by atoms with van der Waals surface area (Å²) in [6.45, 7) is 3.21. The highest BCUT2D eigenvalue weighted by Gasteiger charge is 2.21. The number of anilines is 1. The Morgan fingerprint density at radius 3 is 2.40 bits per heavy atom. The number of hydrogen-bond donors (Lipinski definition) is 2. The largest absolute Gasteiger partial charge is 0.478 e. The molecule has 25 heavy (non-hydrogen) atoms. The molecule has 0 radical (unpaired) electrons. The molecule has 1 aromatic carbocycles. The quantitative estimate of drug-likeness (QED) is 0.778. The molecule has 0 saturated carbocycles. The van der Waals surface area contributed by atoms with Gasteiger partial charge in [0.25, 0.3) is 10.0 Å². The number of ether oxygens (including phenoxy) is 1. The van der Waals surface area contributed by atoms with E-state index in [0.717, 1.165) is 6.07 Å². The average Bonchev–Trinajstić information content (AvgIpc) is 2.55. The van der Waals surface area contributed by atoms with E-state index in [-0.39, 0.29) is 21.7 Å². The second-order valence-corrected chi connectivity index (χ2v) is 6.93. The van der Waals surface area contributed by atoms with Gasteiger partial charge in [-0.15, -0.1) is 0 Å². The Hall–Kier alpha value is -2.94. The van der Waals surface area contributed by atoms with Crippen molar-refractivity contribution in [1.29, 1.82) is 0 Å². The van der Waals surface area contributed by atoms with E-state index < -0.39 is 22.0 Å². The summed E-state index contributed by atoms with van der Waals surface area (Å²) in [5.41, 5.74) is 0.955. The summed E-state index contributed by atoms with van der Waals surface area (Å²) in [4.78, 5) is 26.3. The van der Waals surface area contributed by atoms with E-state index in [1.165, 1.54) is 31.6 Å². The van der Waals surface area contributed by atoms with Crippen LogP contribution in [0.4, 0.5) is 5.69 Å². The Morgan fingerprint density at radius 1 is 1.12 bits per heavy atom. The molecule has 1 aromatic heterocycles. The third-order valence-corrected chi connectivity index (χ3v) is 5.08. The molecule has 2 rings (SSSR count). The van der Waals surface area contributed by atoms with Crippen molar-refractivity contribution >= 4 is 27.6 Å². The molecule has 2 N–H and O–H groups in total. The maximum Gasteiger partial charge on any atom is 0.339 e. The number of aryl methyl sites for hydroxylation is 1. The number of pyridine rings is 1. The summed E-state index contributed by atoms with van der Waals surface area (Å²) in [6.07, 6.45) is 2.47. The molecule has 0 atom stereocenters. The average molecular weight is 364 g/mol. The van der Waals surface area contributed by atoms with Crippen LogP contribution in [0.1, 0.15) is 31.8 Å². The second-order valence-electron chi connectivity index (χ2n) is 5.28. The fourth-order valence-corrected chi connectivity index (χ4v) is 3.54. The number of carbonyl (C=O) groups is 2. The highest BCUT2D eigenvalue weighted by atomic mass is 32.2. The first-order valence-corrected chi connectivity index (χ1v) is 8.54. The zero-order valence-corrected chi connectivity index (χ0v) is 14.5. The number of carboxylic acids is 1. The summed E-state index contributed by atoms with van der Waals surface area (Å²) < 4.78 is 32.2. The van der Waals surface area contributed by atoms with E-state index in [1.54, 1.807) is 13.8 Å². The van der Waals surface area contributed by atoms with Gasteiger partial charge >= 0.3 is 11.9 Å². The summed E-state index contributed by atoms with van der Waals surface area (Å²) in [5.74, 6) is -1.89. The second kappa shape index (κ2) is 6.89. The molecule has 0 aliphatic carbocycles. The summed E-state index contributed by atoms with van der Waals surface area (Å²) in [6, 6.07) is 3.76. The first-order valence-electron chi connectivity index (χ1n) is 7.06. The van der Waals surface area contributed by atoms with Crippen molar-refractivity contribution < 1.29 is 27.9 Å². The number of aromatic nitrogens is 1. The van der Waals surface area contributed by atoms with Gasteiger partial charge in [-0.25, -0.2) is 18.0 Å². The van der Waals surface area contributed by atoms with Crippen LogP contribution in [0, 0.1) is 13.8 Å². The molecule has 0 spiro atoms. The zero-order valence-electron chi connectivity index (χ0n) is 13.7. The molecule has 8 nitrogen and oxygen atoms in total. The van der Waals surface area contributed by atoms with Gasteiger partial charge in [0.1, 0.15) is 0 Å². The molecule has 0 bridgehead atoms. The standard InChI is InChI=1S/C16H16N2O6S/c1-9-4-11(15(19)20)6-14(10(9)2)25(22,23)18-13-5-12(7-17-8-13)16(21)24-3/h4-8,18H,1-3H3,(H,19,20). The van der Waals surface area contributed by atoms with Gasteiger partial charge in [0.05, 0.1) is 35.0 Å². The highest BCUT2D eigenvalue weighted by Crippen LogP contribution is 2.24. The number of nitrogens with zero attached hydrogens (tertiary/aromatic N) is 1. The van der Waals surface area contributed by atoms with Crippen molar-refractivity contribution in [3.63, 3.8) is 0 Å². The smallest absolute Gasteiger partial charge is 0.339 e. The van der Waals surface area contributed by atoms with Gasteiger partial charge in [0.2, 0.25) is 0 Å². The fraction of sp³-hybridized carbons (Fsp3) is 0.188. The SMILES string of the molecule is COC(=O)c1cncc(NS(=O)(=O)c2cc(C(=O)O)cc(C)c2C)c1. The summed E-state index contributed by atoms with van der Waals surface area (Å²) in [7, 11) is -2.88. The van der Waals surface area contributed by atoms with Gasteiger partial charge in [0.15, 0.2) is 0 Å². The molecule has 2 aromatic rings. The molecular formula is C16H16N2O6S. The van der Waals surface area contributed by atoms with Crippen molar-refractivity contribution in [2.24, 2.45) is 0 Å². The van der Waals surface area contributed by atoms with E-state index in [4.69, 9.17) is 5.11 Å². The Labute approximate surface area is 144 Å². The number of nitrogens with one attached hydrogen (secondary N) is 1. The lowest BCUT2D eigenvalue weighted by atomic mass is 10.1. The van der Waals surface area contributed by atoms with Gasteiger partial charge in [0, 0.05) is 6.20 Å². The number of methoxy groups -OCH3 is 1. The zero-order chi connectivity index (χ0) is 18.8. The molecular weight excluding hydrogens is 348 g/mol. The first kappa shape index (κ1) is 18.4. The third-order valence-electron chi connectivity index (χ3n) is 3.57. The van der Waals surface area contributed by atoms with Crippen molar-refractivity contribution in [3.8, 4) is 0 Å². The molecule has 0 unspecified atom stereocenters. The fourth-order valence-electron chi connectivity index (χ4n) is 2.16.